The van der Waals surface area contributed by atoms with Gasteiger partial charge in [0.05, 0.1) is 18.1 Å². The molecular weight excluding hydrogens is 389 g/mol. The van der Waals surface area contributed by atoms with Crippen molar-refractivity contribution < 1.29 is 22.7 Å². The number of ether oxygens (including phenoxy) is 1. The first-order valence-corrected chi connectivity index (χ1v) is 8.18. The van der Waals surface area contributed by atoms with E-state index in [1.807, 2.05) is 0 Å². The monoisotopic (exact) mass is 400 g/mol. The molecule has 0 unspecified atom stereocenters. The standard InChI is InChI=1S/C18H11F3N6O2/c19-18(20,21)29-14-4-2-1-3-11(14)12-5-6-16-24-9-13(27(16)26-12)17(28)25-15-10-22-7-8-23-15/h1-10H,(H,23,25,28). The van der Waals surface area contributed by atoms with E-state index >= 15 is 0 Å². The molecule has 0 spiro atoms. The number of hydrogen-bond acceptors (Lipinski definition) is 6. The number of rotatable bonds is 4. The van der Waals surface area contributed by atoms with E-state index in [9.17, 15) is 18.0 Å². The quantitative estimate of drug-likeness (QED) is 0.565. The highest BCUT2D eigenvalue weighted by molar-refractivity contribution is 6.02. The fraction of sp³-hybridized carbons (Fsp3) is 0.0556. The van der Waals surface area contributed by atoms with Crippen LogP contribution in [0.2, 0.25) is 0 Å². The Labute approximate surface area is 161 Å². The molecule has 1 aromatic carbocycles. The summed E-state index contributed by atoms with van der Waals surface area (Å²) in [6, 6.07) is 8.62. The Morgan fingerprint density at radius 3 is 2.62 bits per heavy atom. The highest BCUT2D eigenvalue weighted by atomic mass is 19.4. The summed E-state index contributed by atoms with van der Waals surface area (Å²) >= 11 is 0. The number of anilines is 1. The van der Waals surface area contributed by atoms with E-state index in [1.165, 1.54) is 59.6 Å². The van der Waals surface area contributed by atoms with Crippen molar-refractivity contribution >= 4 is 17.4 Å². The number of carbonyl (C=O) groups is 1. The van der Waals surface area contributed by atoms with Gasteiger partial charge in [-0.3, -0.25) is 9.78 Å². The van der Waals surface area contributed by atoms with Crippen LogP contribution in [0.1, 0.15) is 10.5 Å². The van der Waals surface area contributed by atoms with Crippen LogP contribution in [0.25, 0.3) is 16.9 Å². The maximum absolute atomic E-state index is 12.7. The van der Waals surface area contributed by atoms with Crippen LogP contribution >= 0.6 is 0 Å². The van der Waals surface area contributed by atoms with E-state index < -0.39 is 18.0 Å². The number of hydrogen-bond donors (Lipinski definition) is 1. The number of halogens is 3. The Bertz CT molecular complexity index is 1180. The van der Waals surface area contributed by atoms with Crippen molar-refractivity contribution in [2.45, 2.75) is 6.36 Å². The predicted molar refractivity (Wildman–Crippen MR) is 95.1 cm³/mol. The minimum absolute atomic E-state index is 0.0710. The Hall–Kier alpha value is -4.02. The van der Waals surface area contributed by atoms with Gasteiger partial charge in [-0.05, 0) is 24.3 Å². The Morgan fingerprint density at radius 2 is 1.86 bits per heavy atom. The number of nitrogens with zero attached hydrogens (tertiary/aromatic N) is 5. The van der Waals surface area contributed by atoms with Crippen molar-refractivity contribution in [2.24, 2.45) is 0 Å². The van der Waals surface area contributed by atoms with Gasteiger partial charge in [0.15, 0.2) is 17.2 Å². The molecule has 0 aliphatic heterocycles. The number of carbonyl (C=O) groups excluding carboxylic acids is 1. The molecule has 3 aromatic heterocycles. The van der Waals surface area contributed by atoms with E-state index in [0.717, 1.165) is 0 Å². The fourth-order valence-electron chi connectivity index (χ4n) is 2.61. The van der Waals surface area contributed by atoms with E-state index in [1.54, 1.807) is 6.07 Å². The maximum Gasteiger partial charge on any atom is 0.573 e. The largest absolute Gasteiger partial charge is 0.573 e. The van der Waals surface area contributed by atoms with Crippen molar-refractivity contribution in [1.82, 2.24) is 24.6 Å². The molecule has 1 N–H and O–H groups in total. The van der Waals surface area contributed by atoms with Crippen molar-refractivity contribution in [3.8, 4) is 17.0 Å². The van der Waals surface area contributed by atoms with Gasteiger partial charge < -0.3 is 10.1 Å². The fourth-order valence-corrected chi connectivity index (χ4v) is 2.61. The van der Waals surface area contributed by atoms with E-state index in [0.29, 0.717) is 5.65 Å². The SMILES string of the molecule is O=C(Nc1cnccn1)c1cnc2ccc(-c3ccccc3OC(F)(F)F)nn12. The van der Waals surface area contributed by atoms with Gasteiger partial charge in [0.25, 0.3) is 5.91 Å². The second-order valence-electron chi connectivity index (χ2n) is 5.72. The molecule has 1 amide bonds. The number of imidazole rings is 1. The molecule has 0 bridgehead atoms. The molecule has 0 fully saturated rings. The Balaban J connectivity index is 1.72. The highest BCUT2D eigenvalue weighted by Gasteiger charge is 2.32. The third kappa shape index (κ3) is 3.98. The lowest BCUT2D eigenvalue weighted by atomic mass is 10.1. The van der Waals surface area contributed by atoms with E-state index in [2.05, 4.69) is 30.1 Å². The van der Waals surface area contributed by atoms with Crippen LogP contribution in [-0.2, 0) is 0 Å². The van der Waals surface area contributed by atoms with Crippen molar-refractivity contribution in [2.75, 3.05) is 5.32 Å². The van der Waals surface area contributed by atoms with Gasteiger partial charge in [-0.25, -0.2) is 14.5 Å². The molecule has 0 saturated carbocycles. The zero-order valence-corrected chi connectivity index (χ0v) is 14.5. The number of benzene rings is 1. The average Bonchev–Trinajstić information content (AvgIpc) is 3.11. The number of aromatic nitrogens is 5. The third-order valence-corrected chi connectivity index (χ3v) is 3.79. The van der Waals surface area contributed by atoms with Gasteiger partial charge >= 0.3 is 6.36 Å². The third-order valence-electron chi connectivity index (χ3n) is 3.79. The first-order valence-electron chi connectivity index (χ1n) is 8.18. The van der Waals surface area contributed by atoms with E-state index in [-0.39, 0.29) is 22.8 Å². The number of amides is 1. The zero-order valence-electron chi connectivity index (χ0n) is 14.5. The molecule has 0 atom stereocenters. The lowest BCUT2D eigenvalue weighted by Crippen LogP contribution is -2.18. The van der Waals surface area contributed by atoms with Crippen LogP contribution in [-0.4, -0.2) is 36.8 Å². The summed E-state index contributed by atoms with van der Waals surface area (Å²) in [5.41, 5.74) is 0.693. The topological polar surface area (TPSA) is 94.3 Å². The van der Waals surface area contributed by atoms with Crippen molar-refractivity contribution in [3.05, 3.63) is 66.9 Å². The number of nitrogens with one attached hydrogen (secondary N) is 1. The molecule has 0 aliphatic rings. The summed E-state index contributed by atoms with van der Waals surface area (Å²) in [5, 5.41) is 6.82. The summed E-state index contributed by atoms with van der Waals surface area (Å²) in [7, 11) is 0. The Kier molecular flexibility index (Phi) is 4.55. The molecule has 3 heterocycles. The van der Waals surface area contributed by atoms with Crippen LogP contribution in [0.15, 0.2) is 61.2 Å². The van der Waals surface area contributed by atoms with Crippen LogP contribution in [0.4, 0.5) is 19.0 Å². The van der Waals surface area contributed by atoms with Gasteiger partial charge in [0.2, 0.25) is 0 Å². The maximum atomic E-state index is 12.7. The highest BCUT2D eigenvalue weighted by Crippen LogP contribution is 2.32. The summed E-state index contributed by atoms with van der Waals surface area (Å²) < 4.78 is 43.4. The van der Waals surface area contributed by atoms with Gasteiger partial charge in [0.1, 0.15) is 5.75 Å². The molecule has 11 heteroatoms. The van der Waals surface area contributed by atoms with Crippen LogP contribution in [0, 0.1) is 0 Å². The van der Waals surface area contributed by atoms with Crippen LogP contribution < -0.4 is 10.1 Å². The zero-order chi connectivity index (χ0) is 20.4. The van der Waals surface area contributed by atoms with Crippen LogP contribution in [0.5, 0.6) is 5.75 Å². The molecule has 0 saturated heterocycles. The van der Waals surface area contributed by atoms with Gasteiger partial charge in [0, 0.05) is 18.0 Å². The predicted octanol–water partition coefficient (Wildman–Crippen LogP) is 3.34. The molecule has 0 radical (unpaired) electrons. The Morgan fingerprint density at radius 1 is 1.03 bits per heavy atom. The molecular formula is C18H11F3N6O2. The summed E-state index contributed by atoms with van der Waals surface area (Å²) in [6.07, 6.45) is 0.688. The minimum Gasteiger partial charge on any atom is -0.405 e. The first-order chi connectivity index (χ1) is 13.9. The molecule has 146 valence electrons. The normalized spacial score (nSPS) is 11.4. The summed E-state index contributed by atoms with van der Waals surface area (Å²) in [5.74, 6) is -0.729. The smallest absolute Gasteiger partial charge is 0.405 e. The molecule has 0 aliphatic carbocycles. The van der Waals surface area contributed by atoms with Gasteiger partial charge in [-0.1, -0.05) is 12.1 Å². The molecule has 4 aromatic rings. The van der Waals surface area contributed by atoms with Gasteiger partial charge in [-0.2, -0.15) is 5.10 Å². The lowest BCUT2D eigenvalue weighted by molar-refractivity contribution is -0.274. The lowest BCUT2D eigenvalue weighted by Gasteiger charge is -2.13. The molecule has 4 rings (SSSR count). The second kappa shape index (κ2) is 7.19. The second-order valence-corrected chi connectivity index (χ2v) is 5.72. The summed E-state index contributed by atoms with van der Waals surface area (Å²) in [6.45, 7) is 0. The average molecular weight is 400 g/mol. The number of para-hydroxylation sites is 1. The van der Waals surface area contributed by atoms with Crippen LogP contribution in [0.3, 0.4) is 0 Å². The first kappa shape index (κ1) is 18.3. The number of alkyl halides is 3. The minimum atomic E-state index is -4.85. The van der Waals surface area contributed by atoms with Crippen molar-refractivity contribution in [3.63, 3.8) is 0 Å². The van der Waals surface area contributed by atoms with Crippen molar-refractivity contribution in [1.29, 1.82) is 0 Å². The van der Waals surface area contributed by atoms with E-state index in [4.69, 9.17) is 0 Å². The summed E-state index contributed by atoms with van der Waals surface area (Å²) in [4.78, 5) is 24.4. The molecule has 8 nitrogen and oxygen atoms in total. The van der Waals surface area contributed by atoms with Gasteiger partial charge in [-0.15, -0.1) is 13.2 Å². The molecule has 29 heavy (non-hydrogen) atoms. The number of fused-ring (bicyclic) bond motifs is 1.